The Balaban J connectivity index is 2.27. The maximum atomic E-state index is 13.6. The van der Waals surface area contributed by atoms with E-state index in [-0.39, 0.29) is 23.8 Å². The molecule has 2 rings (SSSR count). The lowest BCUT2D eigenvalue weighted by Crippen LogP contribution is -2.27. The summed E-state index contributed by atoms with van der Waals surface area (Å²) < 4.78 is 46.0. The Hall–Kier alpha value is -1.09. The van der Waals surface area contributed by atoms with Gasteiger partial charge >= 0.3 is 6.18 Å². The Morgan fingerprint density at radius 1 is 1.26 bits per heavy atom. The number of hydrogen-bond donors (Lipinski definition) is 2. The van der Waals surface area contributed by atoms with Crippen molar-refractivity contribution in [1.29, 1.82) is 0 Å². The van der Waals surface area contributed by atoms with E-state index in [1.165, 1.54) is 12.1 Å². The smallest absolute Gasteiger partial charge is 0.396 e. The molecule has 0 saturated heterocycles. The fourth-order valence-corrected chi connectivity index (χ4v) is 3.66. The quantitative estimate of drug-likeness (QED) is 0.415. The molecule has 1 aromatic carbocycles. The van der Waals surface area contributed by atoms with Gasteiger partial charge in [0, 0.05) is 38.3 Å². The molecule has 0 fully saturated rings. The third kappa shape index (κ3) is 6.48. The summed E-state index contributed by atoms with van der Waals surface area (Å²) in [4.78, 5) is 7.41. The summed E-state index contributed by atoms with van der Waals surface area (Å²) in [7, 11) is -1.51. The minimum Gasteiger partial charge on any atom is -0.396 e. The zero-order valence-corrected chi connectivity index (χ0v) is 17.5. The number of hydrogen-bond acceptors (Lipinski definition) is 3. The molecule has 1 unspecified atom stereocenters. The molecule has 27 heavy (non-hydrogen) atoms. The number of unbranched alkanes of at least 4 members (excludes halogenated alkanes) is 1. The lowest BCUT2D eigenvalue weighted by molar-refractivity contribution is -0.222. The molecule has 2 N–H and O–H groups in total. The van der Waals surface area contributed by atoms with Crippen LogP contribution in [-0.4, -0.2) is 42.5 Å². The summed E-state index contributed by atoms with van der Waals surface area (Å²) in [6, 6.07) is 3.46. The van der Waals surface area contributed by atoms with Crippen LogP contribution in [-0.2, 0) is 11.2 Å². The third-order valence-electron chi connectivity index (χ3n) is 4.19. The zero-order valence-electron chi connectivity index (χ0n) is 15.8. The van der Waals surface area contributed by atoms with Crippen LogP contribution in [0.4, 0.5) is 13.2 Å². The van der Waals surface area contributed by atoms with Crippen LogP contribution in [0.1, 0.15) is 30.3 Å². The maximum absolute atomic E-state index is 13.6. The number of rotatable bonds is 9. The molecule has 0 aliphatic rings. The van der Waals surface area contributed by atoms with Gasteiger partial charge in [-0.2, -0.15) is 13.2 Å². The minimum atomic E-state index is -4.55. The molecule has 0 saturated carbocycles. The van der Waals surface area contributed by atoms with E-state index in [1.807, 2.05) is 0 Å². The Morgan fingerprint density at radius 2 is 1.96 bits per heavy atom. The fourth-order valence-electron chi connectivity index (χ4n) is 2.67. The van der Waals surface area contributed by atoms with Gasteiger partial charge in [0.2, 0.25) is 0 Å². The molecule has 0 radical (unpaired) electrons. The molecular formula is C18H26ClF3N2O2Si. The van der Waals surface area contributed by atoms with E-state index in [4.69, 9.17) is 21.4 Å². The topological polar surface area (TPSA) is 58.1 Å². The molecule has 0 amide bonds. The summed E-state index contributed by atoms with van der Waals surface area (Å²) in [6.07, 6.45) is -4.63. The number of nitrogens with zero attached hydrogens (tertiary/aromatic N) is 1. The SMILES string of the molecule is C[Si](C)(C)CCOC(c1cc2[nH]c(CCCCO)nc2cc1Cl)C(F)(F)F. The Bertz CT molecular complexity index is 759. The maximum Gasteiger partial charge on any atom is 0.418 e. The first-order chi connectivity index (χ1) is 12.5. The summed E-state index contributed by atoms with van der Waals surface area (Å²) in [5.74, 6) is 0.662. The molecule has 0 aliphatic carbocycles. The van der Waals surface area contributed by atoms with Crippen molar-refractivity contribution in [3.8, 4) is 0 Å². The van der Waals surface area contributed by atoms with Gasteiger partial charge in [0.1, 0.15) is 5.82 Å². The van der Waals surface area contributed by atoms with Crippen LogP contribution >= 0.6 is 11.6 Å². The third-order valence-corrected chi connectivity index (χ3v) is 6.22. The lowest BCUT2D eigenvalue weighted by atomic mass is 10.1. The molecular weight excluding hydrogens is 397 g/mol. The molecule has 0 aliphatic heterocycles. The van der Waals surface area contributed by atoms with Gasteiger partial charge in [-0.1, -0.05) is 31.2 Å². The van der Waals surface area contributed by atoms with E-state index >= 15 is 0 Å². The van der Waals surface area contributed by atoms with Crippen LogP contribution in [0, 0.1) is 0 Å². The van der Waals surface area contributed by atoms with Crippen molar-refractivity contribution in [1.82, 2.24) is 9.97 Å². The Labute approximate surface area is 163 Å². The molecule has 0 bridgehead atoms. The van der Waals surface area contributed by atoms with Crippen molar-refractivity contribution < 1.29 is 23.0 Å². The average Bonchev–Trinajstić information content (AvgIpc) is 2.90. The van der Waals surface area contributed by atoms with Gasteiger partial charge in [-0.3, -0.25) is 0 Å². The lowest BCUT2D eigenvalue weighted by Gasteiger charge is -2.24. The van der Waals surface area contributed by atoms with Crippen LogP contribution in [0.25, 0.3) is 11.0 Å². The van der Waals surface area contributed by atoms with Crippen LogP contribution < -0.4 is 0 Å². The first-order valence-corrected chi connectivity index (χ1v) is 13.1. The highest BCUT2D eigenvalue weighted by Gasteiger charge is 2.43. The molecule has 1 aromatic heterocycles. The van der Waals surface area contributed by atoms with Gasteiger partial charge in [0.15, 0.2) is 6.10 Å². The number of aliphatic hydroxyl groups is 1. The van der Waals surface area contributed by atoms with Crippen molar-refractivity contribution >= 4 is 30.7 Å². The Kier molecular flexibility index (Phi) is 7.35. The average molecular weight is 423 g/mol. The van der Waals surface area contributed by atoms with E-state index in [1.54, 1.807) is 0 Å². The van der Waals surface area contributed by atoms with Gasteiger partial charge in [-0.15, -0.1) is 0 Å². The number of halogens is 4. The Morgan fingerprint density at radius 3 is 2.56 bits per heavy atom. The van der Waals surface area contributed by atoms with Gasteiger partial charge in [0.25, 0.3) is 0 Å². The normalized spacial score (nSPS) is 14.1. The summed E-state index contributed by atoms with van der Waals surface area (Å²) in [6.45, 7) is 6.39. The standard InChI is InChI=1S/C18H26ClF3N2O2Si/c1-27(2,3)9-8-26-17(18(20,21)22)12-10-14-15(11-13(12)19)24-16(23-14)6-4-5-7-25/h10-11,17,25H,4-9H2,1-3H3,(H,23,24). The number of aromatic nitrogens is 2. The predicted molar refractivity (Wildman–Crippen MR) is 104 cm³/mol. The second-order valence-electron chi connectivity index (χ2n) is 7.86. The van der Waals surface area contributed by atoms with Crippen molar-refractivity contribution in [3.63, 3.8) is 0 Å². The van der Waals surface area contributed by atoms with Crippen LogP contribution in [0.3, 0.4) is 0 Å². The first-order valence-electron chi connectivity index (χ1n) is 8.98. The summed E-state index contributed by atoms with van der Waals surface area (Å²) in [5, 5.41) is 8.84. The number of nitrogens with one attached hydrogen (secondary N) is 1. The number of aryl methyl sites for hydroxylation is 1. The predicted octanol–water partition coefficient (Wildman–Crippen LogP) is 5.49. The number of alkyl halides is 3. The second-order valence-corrected chi connectivity index (χ2v) is 13.9. The van der Waals surface area contributed by atoms with Gasteiger partial charge in [0.05, 0.1) is 11.0 Å². The van der Waals surface area contributed by atoms with E-state index < -0.39 is 20.4 Å². The number of aliphatic hydroxyl groups excluding tert-OH is 1. The monoisotopic (exact) mass is 422 g/mol. The van der Waals surface area contributed by atoms with Crippen LogP contribution in [0.5, 0.6) is 0 Å². The molecule has 1 heterocycles. The highest BCUT2D eigenvalue weighted by Crippen LogP contribution is 2.40. The molecule has 4 nitrogen and oxygen atoms in total. The van der Waals surface area contributed by atoms with Gasteiger partial charge < -0.3 is 14.8 Å². The second kappa shape index (κ2) is 8.94. The first kappa shape index (κ1) is 22.2. The fraction of sp³-hybridized carbons (Fsp3) is 0.611. The number of fused-ring (bicyclic) bond motifs is 1. The number of benzene rings is 1. The number of ether oxygens (including phenoxy) is 1. The highest BCUT2D eigenvalue weighted by atomic mass is 35.5. The van der Waals surface area contributed by atoms with E-state index in [0.717, 1.165) is 6.42 Å². The summed E-state index contributed by atoms with van der Waals surface area (Å²) >= 11 is 6.15. The number of H-pyrrole nitrogens is 1. The number of aromatic amines is 1. The molecule has 9 heteroatoms. The highest BCUT2D eigenvalue weighted by molar-refractivity contribution is 6.76. The van der Waals surface area contributed by atoms with Gasteiger partial charge in [-0.25, -0.2) is 4.98 Å². The zero-order chi connectivity index (χ0) is 20.2. The van der Waals surface area contributed by atoms with Crippen LogP contribution in [0.2, 0.25) is 30.7 Å². The molecule has 1 atom stereocenters. The van der Waals surface area contributed by atoms with Crippen molar-refractivity contribution in [2.75, 3.05) is 13.2 Å². The van der Waals surface area contributed by atoms with E-state index in [0.29, 0.717) is 35.7 Å². The van der Waals surface area contributed by atoms with Crippen molar-refractivity contribution in [3.05, 3.63) is 28.5 Å². The minimum absolute atomic E-state index is 0.00811. The van der Waals surface area contributed by atoms with E-state index in [2.05, 4.69) is 29.6 Å². The van der Waals surface area contributed by atoms with E-state index in [9.17, 15) is 13.2 Å². The summed E-state index contributed by atoms with van der Waals surface area (Å²) in [5.41, 5.74) is 0.917. The van der Waals surface area contributed by atoms with Gasteiger partial charge in [-0.05, 0) is 31.0 Å². The number of imidazole rings is 1. The molecule has 0 spiro atoms. The van der Waals surface area contributed by atoms with Crippen molar-refractivity contribution in [2.45, 2.75) is 57.2 Å². The molecule has 2 aromatic rings. The van der Waals surface area contributed by atoms with Crippen LogP contribution in [0.15, 0.2) is 12.1 Å². The molecule has 152 valence electrons. The largest absolute Gasteiger partial charge is 0.418 e. The van der Waals surface area contributed by atoms with Crippen molar-refractivity contribution in [2.24, 2.45) is 0 Å².